The minimum atomic E-state index is -0.375. The molecule has 5 nitrogen and oxygen atoms in total. The first-order chi connectivity index (χ1) is 7.24. The van der Waals surface area contributed by atoms with Crippen LogP contribution in [0.5, 0.6) is 0 Å². The summed E-state index contributed by atoms with van der Waals surface area (Å²) in [4.78, 5) is 22.5. The highest BCUT2D eigenvalue weighted by atomic mass is 35.5. The molecule has 0 saturated carbocycles. The zero-order chi connectivity index (χ0) is 11.1. The molecule has 1 fully saturated rings. The Labute approximate surface area is 102 Å². The average molecular weight is 251 g/mol. The van der Waals surface area contributed by atoms with Gasteiger partial charge in [-0.05, 0) is 32.9 Å². The number of carbonyl (C=O) groups excluding carboxylic acids is 2. The molecule has 2 N–H and O–H groups in total. The highest BCUT2D eigenvalue weighted by molar-refractivity contribution is 5.85. The third-order valence-electron chi connectivity index (χ3n) is 2.42. The third-order valence-corrected chi connectivity index (χ3v) is 2.42. The number of rotatable bonds is 4. The minimum absolute atomic E-state index is 0. The van der Waals surface area contributed by atoms with Crippen molar-refractivity contribution in [2.75, 3.05) is 26.2 Å². The molecule has 1 heterocycles. The van der Waals surface area contributed by atoms with Gasteiger partial charge in [0, 0.05) is 5.92 Å². The molecule has 6 heteroatoms. The van der Waals surface area contributed by atoms with Crippen molar-refractivity contribution in [1.82, 2.24) is 10.6 Å². The van der Waals surface area contributed by atoms with Gasteiger partial charge in [0.15, 0.2) is 0 Å². The van der Waals surface area contributed by atoms with Crippen LogP contribution >= 0.6 is 12.4 Å². The lowest BCUT2D eigenvalue weighted by atomic mass is 9.97. The van der Waals surface area contributed by atoms with Crippen molar-refractivity contribution in [3.63, 3.8) is 0 Å². The predicted octanol–water partition coefficient (Wildman–Crippen LogP) is 0.0871. The van der Waals surface area contributed by atoms with Gasteiger partial charge < -0.3 is 15.4 Å². The first-order valence-electron chi connectivity index (χ1n) is 5.38. The number of amides is 1. The van der Waals surface area contributed by atoms with Gasteiger partial charge in [0.2, 0.25) is 5.91 Å². The molecule has 1 amide bonds. The summed E-state index contributed by atoms with van der Waals surface area (Å²) in [6.07, 6.45) is 1.68. The maximum Gasteiger partial charge on any atom is 0.325 e. The summed E-state index contributed by atoms with van der Waals surface area (Å²) >= 11 is 0. The van der Waals surface area contributed by atoms with Crippen molar-refractivity contribution in [3.05, 3.63) is 0 Å². The Hall–Kier alpha value is -0.810. The topological polar surface area (TPSA) is 67.4 Å². The Balaban J connectivity index is 0.00000225. The second-order valence-corrected chi connectivity index (χ2v) is 3.55. The fraction of sp³-hybridized carbons (Fsp3) is 0.800. The Morgan fingerprint density at radius 2 is 2.00 bits per heavy atom. The van der Waals surface area contributed by atoms with E-state index >= 15 is 0 Å². The van der Waals surface area contributed by atoms with Gasteiger partial charge in [-0.15, -0.1) is 12.4 Å². The minimum Gasteiger partial charge on any atom is -0.465 e. The number of halogens is 1. The van der Waals surface area contributed by atoms with E-state index in [2.05, 4.69) is 10.6 Å². The van der Waals surface area contributed by atoms with E-state index in [1.165, 1.54) is 0 Å². The Morgan fingerprint density at radius 1 is 1.38 bits per heavy atom. The maximum absolute atomic E-state index is 11.6. The zero-order valence-electron chi connectivity index (χ0n) is 9.45. The molecule has 0 spiro atoms. The van der Waals surface area contributed by atoms with Gasteiger partial charge in [0.1, 0.15) is 6.54 Å². The maximum atomic E-state index is 11.6. The summed E-state index contributed by atoms with van der Waals surface area (Å²) in [6.45, 7) is 3.82. The molecule has 1 rings (SSSR count). The van der Waals surface area contributed by atoms with Crippen LogP contribution in [0, 0.1) is 5.92 Å². The van der Waals surface area contributed by atoms with Gasteiger partial charge in [-0.2, -0.15) is 0 Å². The van der Waals surface area contributed by atoms with Crippen molar-refractivity contribution in [3.8, 4) is 0 Å². The summed E-state index contributed by atoms with van der Waals surface area (Å²) in [5.74, 6) is -0.370. The van der Waals surface area contributed by atoms with Gasteiger partial charge in [-0.25, -0.2) is 0 Å². The van der Waals surface area contributed by atoms with Crippen LogP contribution in [0.1, 0.15) is 19.8 Å². The van der Waals surface area contributed by atoms with Gasteiger partial charge in [-0.3, -0.25) is 9.59 Å². The van der Waals surface area contributed by atoms with E-state index in [1.807, 2.05) is 0 Å². The van der Waals surface area contributed by atoms with E-state index in [1.54, 1.807) is 6.92 Å². The van der Waals surface area contributed by atoms with E-state index in [-0.39, 0.29) is 36.7 Å². The highest BCUT2D eigenvalue weighted by Crippen LogP contribution is 2.10. The number of carbonyl (C=O) groups is 2. The molecule has 1 aliphatic rings. The summed E-state index contributed by atoms with van der Waals surface area (Å²) in [5.41, 5.74) is 0. The van der Waals surface area contributed by atoms with Crippen molar-refractivity contribution in [1.29, 1.82) is 0 Å². The molecular weight excluding hydrogens is 232 g/mol. The van der Waals surface area contributed by atoms with E-state index < -0.39 is 0 Å². The normalized spacial score (nSPS) is 16.1. The largest absolute Gasteiger partial charge is 0.465 e. The number of esters is 1. The lowest BCUT2D eigenvalue weighted by Crippen LogP contribution is -2.40. The van der Waals surface area contributed by atoms with Crippen molar-refractivity contribution >= 4 is 24.3 Å². The fourth-order valence-electron chi connectivity index (χ4n) is 1.60. The summed E-state index contributed by atoms with van der Waals surface area (Å²) in [6, 6.07) is 0. The lowest BCUT2D eigenvalue weighted by molar-refractivity contribution is -0.143. The smallest absolute Gasteiger partial charge is 0.325 e. The average Bonchev–Trinajstić information content (AvgIpc) is 2.27. The van der Waals surface area contributed by atoms with Crippen LogP contribution < -0.4 is 10.6 Å². The standard InChI is InChI=1S/C10H18N2O3.ClH/c1-2-15-9(13)7-12-10(14)8-3-5-11-6-4-8;/h8,11H,2-7H2,1H3,(H,12,14);1H. The molecule has 0 aromatic carbocycles. The second kappa shape index (κ2) is 8.35. The summed E-state index contributed by atoms with van der Waals surface area (Å²) in [7, 11) is 0. The number of hydrogen-bond donors (Lipinski definition) is 2. The van der Waals surface area contributed by atoms with Gasteiger partial charge in [0.25, 0.3) is 0 Å². The summed E-state index contributed by atoms with van der Waals surface area (Å²) < 4.78 is 4.71. The molecule has 0 bridgehead atoms. The van der Waals surface area contributed by atoms with Crippen LogP contribution in [0.2, 0.25) is 0 Å². The quantitative estimate of drug-likeness (QED) is 0.694. The highest BCUT2D eigenvalue weighted by Gasteiger charge is 2.20. The zero-order valence-corrected chi connectivity index (χ0v) is 10.3. The molecular formula is C10H19ClN2O3. The van der Waals surface area contributed by atoms with Crippen molar-refractivity contribution < 1.29 is 14.3 Å². The monoisotopic (exact) mass is 250 g/mol. The summed E-state index contributed by atoms with van der Waals surface area (Å²) in [5, 5.41) is 5.78. The third kappa shape index (κ3) is 5.32. The first kappa shape index (κ1) is 15.2. The van der Waals surface area contributed by atoms with Crippen LogP contribution in [-0.2, 0) is 14.3 Å². The van der Waals surface area contributed by atoms with Crippen LogP contribution in [0.15, 0.2) is 0 Å². The Bertz CT molecular complexity index is 230. The fourth-order valence-corrected chi connectivity index (χ4v) is 1.60. The van der Waals surface area contributed by atoms with Crippen LogP contribution in [-0.4, -0.2) is 38.1 Å². The van der Waals surface area contributed by atoms with Crippen molar-refractivity contribution in [2.45, 2.75) is 19.8 Å². The lowest BCUT2D eigenvalue weighted by Gasteiger charge is -2.21. The van der Waals surface area contributed by atoms with Crippen LogP contribution in [0.3, 0.4) is 0 Å². The molecule has 0 aromatic rings. The Kier molecular flexibility index (Phi) is 7.93. The van der Waals surface area contributed by atoms with Crippen LogP contribution in [0.4, 0.5) is 0 Å². The molecule has 1 saturated heterocycles. The molecule has 0 atom stereocenters. The van der Waals surface area contributed by atoms with E-state index in [0.29, 0.717) is 6.61 Å². The molecule has 16 heavy (non-hydrogen) atoms. The van der Waals surface area contributed by atoms with Crippen molar-refractivity contribution in [2.24, 2.45) is 5.92 Å². The van der Waals surface area contributed by atoms with E-state index in [9.17, 15) is 9.59 Å². The molecule has 0 unspecified atom stereocenters. The van der Waals surface area contributed by atoms with Gasteiger partial charge >= 0.3 is 5.97 Å². The van der Waals surface area contributed by atoms with Gasteiger partial charge in [-0.1, -0.05) is 0 Å². The SMILES string of the molecule is CCOC(=O)CNC(=O)C1CCNCC1.Cl. The number of hydrogen-bond acceptors (Lipinski definition) is 4. The predicted molar refractivity (Wildman–Crippen MR) is 62.5 cm³/mol. The Morgan fingerprint density at radius 3 is 2.56 bits per heavy atom. The number of ether oxygens (including phenoxy) is 1. The van der Waals surface area contributed by atoms with Gasteiger partial charge in [0.05, 0.1) is 6.61 Å². The first-order valence-corrected chi connectivity index (χ1v) is 5.38. The number of nitrogens with one attached hydrogen (secondary N) is 2. The number of piperidine rings is 1. The van der Waals surface area contributed by atoms with Crippen LogP contribution in [0.25, 0.3) is 0 Å². The molecule has 0 aliphatic carbocycles. The molecule has 0 radical (unpaired) electrons. The molecule has 94 valence electrons. The second-order valence-electron chi connectivity index (χ2n) is 3.55. The molecule has 1 aliphatic heterocycles. The van der Waals surface area contributed by atoms with E-state index in [4.69, 9.17) is 4.74 Å². The molecule has 0 aromatic heterocycles. The van der Waals surface area contributed by atoms with E-state index in [0.717, 1.165) is 25.9 Å².